The maximum absolute atomic E-state index is 12.0. The first kappa shape index (κ1) is 13.2. The van der Waals surface area contributed by atoms with Gasteiger partial charge in [-0.05, 0) is 11.4 Å². The van der Waals surface area contributed by atoms with Crippen molar-refractivity contribution in [1.82, 2.24) is 15.2 Å². The van der Waals surface area contributed by atoms with Gasteiger partial charge < -0.3 is 0 Å². The number of anilines is 1. The van der Waals surface area contributed by atoms with Crippen LogP contribution in [0.2, 0.25) is 0 Å². The molecule has 0 saturated carbocycles. The van der Waals surface area contributed by atoms with Gasteiger partial charge in [0.15, 0.2) is 5.69 Å². The first-order valence-electron chi connectivity index (χ1n) is 6.18. The molecule has 2 N–H and O–H groups in total. The Morgan fingerprint density at radius 2 is 2.00 bits per heavy atom. The summed E-state index contributed by atoms with van der Waals surface area (Å²) in [4.78, 5) is 15.6. The fourth-order valence-electron chi connectivity index (χ4n) is 1.69. The molecular weight excluding hydrogens is 286 g/mol. The van der Waals surface area contributed by atoms with E-state index >= 15 is 0 Å². The molecule has 1 aromatic carbocycles. The fourth-order valence-corrected chi connectivity index (χ4v) is 2.28. The largest absolute Gasteiger partial charge is 0.288 e. The van der Waals surface area contributed by atoms with E-state index in [1.165, 1.54) is 0 Å². The number of hydrogen-bond acceptors (Lipinski definition) is 6. The molecule has 0 atom stereocenters. The molecule has 21 heavy (non-hydrogen) atoms. The topological polar surface area (TPSA) is 83.0 Å². The summed E-state index contributed by atoms with van der Waals surface area (Å²) in [6.07, 6.45) is 1.65. The summed E-state index contributed by atoms with van der Waals surface area (Å²) >= 11 is 1.56. The smallest absolute Gasteiger partial charge is 0.279 e. The minimum Gasteiger partial charge on any atom is -0.288 e. The van der Waals surface area contributed by atoms with Crippen LogP contribution in [0.15, 0.2) is 57.7 Å². The number of rotatable bonds is 4. The Bertz CT molecular complexity index is 796. The molecule has 0 aliphatic rings. The van der Waals surface area contributed by atoms with Gasteiger partial charge in [0.2, 0.25) is 5.95 Å². The van der Waals surface area contributed by atoms with E-state index in [-0.39, 0.29) is 17.2 Å². The molecule has 0 aliphatic heterocycles. The third kappa shape index (κ3) is 3.21. The zero-order valence-corrected chi connectivity index (χ0v) is 11.7. The first-order valence-corrected chi connectivity index (χ1v) is 7.06. The Kier molecular flexibility index (Phi) is 3.83. The van der Waals surface area contributed by atoms with Gasteiger partial charge in [0, 0.05) is 10.4 Å². The van der Waals surface area contributed by atoms with Crippen molar-refractivity contribution in [1.29, 1.82) is 0 Å². The number of hydrazone groups is 1. The van der Waals surface area contributed by atoms with E-state index in [9.17, 15) is 4.79 Å². The molecule has 0 aliphatic carbocycles. The molecule has 0 spiro atoms. The lowest BCUT2D eigenvalue weighted by Crippen LogP contribution is -2.15. The zero-order valence-electron chi connectivity index (χ0n) is 10.9. The highest BCUT2D eigenvalue weighted by atomic mass is 32.1. The van der Waals surface area contributed by atoms with Gasteiger partial charge >= 0.3 is 0 Å². The van der Waals surface area contributed by atoms with Crippen LogP contribution in [0, 0.1) is 0 Å². The summed E-state index contributed by atoms with van der Waals surface area (Å²) in [5.41, 5.74) is 3.34. The van der Waals surface area contributed by atoms with Crippen molar-refractivity contribution in [3.05, 3.63) is 63.1 Å². The van der Waals surface area contributed by atoms with Gasteiger partial charge in [-0.1, -0.05) is 36.4 Å². The Balaban J connectivity index is 1.77. The van der Waals surface area contributed by atoms with E-state index in [1.807, 2.05) is 35.7 Å². The summed E-state index contributed by atoms with van der Waals surface area (Å²) in [7, 11) is 0. The van der Waals surface area contributed by atoms with Crippen LogP contribution in [0.3, 0.4) is 0 Å². The SMILES string of the molecule is O=c1[nH]c(NN=Cc2cccs2)nnc1-c1ccccc1. The van der Waals surface area contributed by atoms with Gasteiger partial charge in [-0.25, -0.2) is 5.43 Å². The number of hydrogen-bond donors (Lipinski definition) is 2. The van der Waals surface area contributed by atoms with Crippen LogP contribution in [0.1, 0.15) is 4.88 Å². The van der Waals surface area contributed by atoms with E-state index < -0.39 is 0 Å². The van der Waals surface area contributed by atoms with Crippen molar-refractivity contribution in [2.24, 2.45) is 5.10 Å². The lowest BCUT2D eigenvalue weighted by atomic mass is 10.2. The van der Waals surface area contributed by atoms with E-state index in [2.05, 4.69) is 25.7 Å². The number of thiophene rings is 1. The third-order valence-electron chi connectivity index (χ3n) is 2.65. The van der Waals surface area contributed by atoms with Gasteiger partial charge in [-0.3, -0.25) is 9.78 Å². The van der Waals surface area contributed by atoms with Crippen molar-refractivity contribution in [3.8, 4) is 11.3 Å². The zero-order chi connectivity index (χ0) is 14.5. The normalized spacial score (nSPS) is 10.9. The van der Waals surface area contributed by atoms with Gasteiger partial charge in [0.05, 0.1) is 6.21 Å². The average molecular weight is 297 g/mol. The number of nitrogens with zero attached hydrogens (tertiary/aromatic N) is 3. The predicted octanol–water partition coefficient (Wildman–Crippen LogP) is 2.34. The van der Waals surface area contributed by atoms with E-state index in [0.717, 1.165) is 10.4 Å². The Morgan fingerprint density at radius 3 is 2.71 bits per heavy atom. The Hall–Kier alpha value is -2.80. The highest BCUT2D eigenvalue weighted by Crippen LogP contribution is 2.10. The summed E-state index contributed by atoms with van der Waals surface area (Å²) in [5, 5.41) is 13.8. The van der Waals surface area contributed by atoms with Crippen LogP contribution < -0.4 is 11.0 Å². The predicted molar refractivity (Wildman–Crippen MR) is 83.6 cm³/mol. The molecule has 2 heterocycles. The van der Waals surface area contributed by atoms with Crippen LogP contribution >= 0.6 is 11.3 Å². The number of aromatic amines is 1. The molecule has 0 amide bonds. The lowest BCUT2D eigenvalue weighted by molar-refractivity contribution is 0.947. The molecule has 2 aromatic heterocycles. The second-order valence-electron chi connectivity index (χ2n) is 4.10. The summed E-state index contributed by atoms with van der Waals surface area (Å²) < 4.78 is 0. The molecule has 0 bridgehead atoms. The number of H-pyrrole nitrogens is 1. The quantitative estimate of drug-likeness (QED) is 0.572. The third-order valence-corrected chi connectivity index (χ3v) is 3.46. The van der Waals surface area contributed by atoms with Gasteiger partial charge in [0.1, 0.15) is 0 Å². The molecule has 0 radical (unpaired) electrons. The minimum absolute atomic E-state index is 0.201. The van der Waals surface area contributed by atoms with Crippen LogP contribution in [0.4, 0.5) is 5.95 Å². The molecule has 0 unspecified atom stereocenters. The molecule has 6 nitrogen and oxygen atoms in total. The second-order valence-corrected chi connectivity index (χ2v) is 5.08. The maximum atomic E-state index is 12.0. The summed E-state index contributed by atoms with van der Waals surface area (Å²) in [5.74, 6) is 0.201. The minimum atomic E-state index is -0.315. The fraction of sp³-hybridized carbons (Fsp3) is 0. The van der Waals surface area contributed by atoms with Crippen molar-refractivity contribution >= 4 is 23.5 Å². The van der Waals surface area contributed by atoms with Crippen molar-refractivity contribution in [3.63, 3.8) is 0 Å². The Labute approximate surface area is 124 Å². The highest BCUT2D eigenvalue weighted by molar-refractivity contribution is 7.11. The van der Waals surface area contributed by atoms with E-state index in [1.54, 1.807) is 29.7 Å². The van der Waals surface area contributed by atoms with Gasteiger partial charge in [0.25, 0.3) is 5.56 Å². The van der Waals surface area contributed by atoms with Crippen LogP contribution in [-0.2, 0) is 0 Å². The molecule has 3 aromatic rings. The number of nitrogens with one attached hydrogen (secondary N) is 2. The molecule has 0 fully saturated rings. The standard InChI is InChI=1S/C14H11N5OS/c20-13-12(10-5-2-1-3-6-10)17-19-14(16-13)18-15-9-11-7-4-8-21-11/h1-9H,(H2,16,18,19,20). The molecule has 7 heteroatoms. The molecule has 0 saturated heterocycles. The molecule has 104 valence electrons. The second kappa shape index (κ2) is 6.10. The lowest BCUT2D eigenvalue weighted by Gasteiger charge is -2.00. The Morgan fingerprint density at radius 1 is 1.14 bits per heavy atom. The average Bonchev–Trinajstić information content (AvgIpc) is 3.02. The van der Waals surface area contributed by atoms with Crippen molar-refractivity contribution in [2.75, 3.05) is 5.43 Å². The van der Waals surface area contributed by atoms with Gasteiger partial charge in [-0.15, -0.1) is 21.5 Å². The van der Waals surface area contributed by atoms with Crippen molar-refractivity contribution in [2.45, 2.75) is 0 Å². The monoisotopic (exact) mass is 297 g/mol. The first-order chi connectivity index (χ1) is 10.3. The van der Waals surface area contributed by atoms with Crippen LogP contribution in [0.25, 0.3) is 11.3 Å². The van der Waals surface area contributed by atoms with E-state index in [4.69, 9.17) is 0 Å². The highest BCUT2D eigenvalue weighted by Gasteiger charge is 2.06. The number of aromatic nitrogens is 3. The summed E-state index contributed by atoms with van der Waals surface area (Å²) in [6.45, 7) is 0. The maximum Gasteiger partial charge on any atom is 0.279 e. The summed E-state index contributed by atoms with van der Waals surface area (Å²) in [6, 6.07) is 13.0. The van der Waals surface area contributed by atoms with Crippen LogP contribution in [0.5, 0.6) is 0 Å². The van der Waals surface area contributed by atoms with E-state index in [0.29, 0.717) is 0 Å². The number of benzene rings is 1. The van der Waals surface area contributed by atoms with Crippen molar-refractivity contribution < 1.29 is 0 Å². The van der Waals surface area contributed by atoms with Crippen LogP contribution in [-0.4, -0.2) is 21.4 Å². The molecule has 3 rings (SSSR count). The molecular formula is C14H11N5OS. The van der Waals surface area contributed by atoms with Gasteiger partial charge in [-0.2, -0.15) is 5.10 Å².